The number of aromatic nitrogens is 2. The summed E-state index contributed by atoms with van der Waals surface area (Å²) in [7, 11) is 0. The molecule has 1 aromatic carbocycles. The van der Waals surface area contributed by atoms with Crippen molar-refractivity contribution in [2.75, 3.05) is 10.6 Å². The van der Waals surface area contributed by atoms with Crippen LogP contribution in [0.5, 0.6) is 0 Å². The third-order valence-electron chi connectivity index (χ3n) is 3.35. The second-order valence-corrected chi connectivity index (χ2v) is 5.34. The van der Waals surface area contributed by atoms with Crippen molar-refractivity contribution in [3.05, 3.63) is 48.0 Å². The van der Waals surface area contributed by atoms with Gasteiger partial charge in [-0.3, -0.25) is 14.6 Å². The van der Waals surface area contributed by atoms with E-state index in [9.17, 15) is 9.59 Å². The fourth-order valence-electron chi connectivity index (χ4n) is 1.97. The minimum Gasteiger partial charge on any atom is -0.326 e. The summed E-state index contributed by atoms with van der Waals surface area (Å²) in [5.41, 5.74) is 2.27. The third-order valence-corrected chi connectivity index (χ3v) is 3.35. The van der Waals surface area contributed by atoms with Gasteiger partial charge in [0.25, 0.3) is 5.91 Å². The summed E-state index contributed by atoms with van der Waals surface area (Å²) in [5.74, 6) is -0.160. The second-order valence-electron chi connectivity index (χ2n) is 5.34. The largest absolute Gasteiger partial charge is 0.326 e. The molecular weight excluding hydrogens is 280 g/mol. The number of aryl methyl sites for hydroxylation is 1. The number of carbonyl (C=O) groups is 2. The van der Waals surface area contributed by atoms with Crippen molar-refractivity contribution in [3.63, 3.8) is 0 Å². The summed E-state index contributed by atoms with van der Waals surface area (Å²) in [6.07, 6.45) is 4.88. The first-order valence-corrected chi connectivity index (χ1v) is 7.13. The van der Waals surface area contributed by atoms with Crippen molar-refractivity contribution in [2.24, 2.45) is 5.92 Å². The van der Waals surface area contributed by atoms with Crippen LogP contribution in [0.25, 0.3) is 0 Å². The SMILES string of the molecule is Cc1cnc(C(=O)Nc2cccc(NC(=O)C3CC3)c2)cn1. The summed E-state index contributed by atoms with van der Waals surface area (Å²) in [6, 6.07) is 7.05. The lowest BCUT2D eigenvalue weighted by molar-refractivity contribution is -0.117. The molecule has 6 heteroatoms. The van der Waals surface area contributed by atoms with Crippen LogP contribution in [0.4, 0.5) is 11.4 Å². The molecule has 1 fully saturated rings. The first-order chi connectivity index (χ1) is 10.6. The van der Waals surface area contributed by atoms with Gasteiger partial charge in [0.1, 0.15) is 5.69 Å². The molecule has 0 unspecified atom stereocenters. The maximum absolute atomic E-state index is 12.1. The number of hydrogen-bond acceptors (Lipinski definition) is 4. The van der Waals surface area contributed by atoms with E-state index in [1.54, 1.807) is 37.4 Å². The first kappa shape index (κ1) is 14.2. The Morgan fingerprint density at radius 3 is 2.45 bits per heavy atom. The zero-order valence-electron chi connectivity index (χ0n) is 12.2. The molecule has 1 aliphatic carbocycles. The summed E-state index contributed by atoms with van der Waals surface area (Å²) < 4.78 is 0. The van der Waals surface area contributed by atoms with E-state index in [1.807, 2.05) is 0 Å². The smallest absolute Gasteiger partial charge is 0.275 e. The van der Waals surface area contributed by atoms with Gasteiger partial charge in [-0.2, -0.15) is 0 Å². The molecule has 6 nitrogen and oxygen atoms in total. The van der Waals surface area contributed by atoms with Crippen LogP contribution in [0.15, 0.2) is 36.7 Å². The number of nitrogens with one attached hydrogen (secondary N) is 2. The minimum atomic E-state index is -0.335. The van der Waals surface area contributed by atoms with Gasteiger partial charge in [-0.25, -0.2) is 4.98 Å². The Hall–Kier alpha value is -2.76. The lowest BCUT2D eigenvalue weighted by Crippen LogP contribution is -2.15. The predicted molar refractivity (Wildman–Crippen MR) is 82.5 cm³/mol. The van der Waals surface area contributed by atoms with Crippen LogP contribution < -0.4 is 10.6 Å². The molecule has 0 spiro atoms. The number of carbonyl (C=O) groups excluding carboxylic acids is 2. The van der Waals surface area contributed by atoms with E-state index in [0.29, 0.717) is 11.4 Å². The molecule has 3 rings (SSSR count). The maximum Gasteiger partial charge on any atom is 0.275 e. The molecule has 112 valence electrons. The Kier molecular flexibility index (Phi) is 3.82. The fourth-order valence-corrected chi connectivity index (χ4v) is 1.97. The molecule has 0 bridgehead atoms. The molecule has 1 saturated carbocycles. The van der Waals surface area contributed by atoms with Crippen molar-refractivity contribution in [3.8, 4) is 0 Å². The van der Waals surface area contributed by atoms with Gasteiger partial charge in [-0.05, 0) is 38.0 Å². The van der Waals surface area contributed by atoms with Crippen LogP contribution in [0.3, 0.4) is 0 Å². The first-order valence-electron chi connectivity index (χ1n) is 7.13. The van der Waals surface area contributed by atoms with Gasteiger partial charge in [0, 0.05) is 23.5 Å². The summed E-state index contributed by atoms with van der Waals surface area (Å²) >= 11 is 0. The van der Waals surface area contributed by atoms with Crippen LogP contribution in [0.1, 0.15) is 29.0 Å². The van der Waals surface area contributed by atoms with Crippen molar-refractivity contribution >= 4 is 23.2 Å². The van der Waals surface area contributed by atoms with Crippen molar-refractivity contribution < 1.29 is 9.59 Å². The second kappa shape index (κ2) is 5.93. The molecule has 2 aromatic rings. The number of nitrogens with zero attached hydrogens (tertiary/aromatic N) is 2. The van der Waals surface area contributed by atoms with Gasteiger partial charge in [-0.1, -0.05) is 6.07 Å². The molecule has 0 radical (unpaired) electrons. The van der Waals surface area contributed by atoms with Crippen molar-refractivity contribution in [1.29, 1.82) is 0 Å². The van der Waals surface area contributed by atoms with Crippen molar-refractivity contribution in [1.82, 2.24) is 9.97 Å². The number of hydrogen-bond donors (Lipinski definition) is 2. The average molecular weight is 296 g/mol. The predicted octanol–water partition coefficient (Wildman–Crippen LogP) is 2.39. The topological polar surface area (TPSA) is 84.0 Å². The van der Waals surface area contributed by atoms with Gasteiger partial charge in [-0.15, -0.1) is 0 Å². The van der Waals surface area contributed by atoms with Crippen LogP contribution >= 0.6 is 0 Å². The Morgan fingerprint density at radius 1 is 1.09 bits per heavy atom. The van der Waals surface area contributed by atoms with Gasteiger partial charge in [0.05, 0.1) is 11.9 Å². The lowest BCUT2D eigenvalue weighted by Gasteiger charge is -2.08. The Morgan fingerprint density at radius 2 is 1.82 bits per heavy atom. The third kappa shape index (κ3) is 3.46. The summed E-state index contributed by atoms with van der Waals surface area (Å²) in [5, 5.41) is 5.59. The monoisotopic (exact) mass is 296 g/mol. The Balaban J connectivity index is 1.67. The molecule has 1 aliphatic rings. The van der Waals surface area contributed by atoms with Gasteiger partial charge < -0.3 is 10.6 Å². The van der Waals surface area contributed by atoms with Gasteiger partial charge >= 0.3 is 0 Å². The van der Waals surface area contributed by atoms with Gasteiger partial charge in [0.2, 0.25) is 5.91 Å². The molecule has 0 atom stereocenters. The molecule has 1 heterocycles. The highest BCUT2D eigenvalue weighted by Crippen LogP contribution is 2.30. The van der Waals surface area contributed by atoms with E-state index >= 15 is 0 Å². The van der Waals surface area contributed by atoms with E-state index in [-0.39, 0.29) is 23.4 Å². The maximum atomic E-state index is 12.1. The van der Waals surface area contributed by atoms with E-state index in [4.69, 9.17) is 0 Å². The van der Waals surface area contributed by atoms with E-state index in [2.05, 4.69) is 20.6 Å². The number of rotatable bonds is 4. The highest BCUT2D eigenvalue weighted by Gasteiger charge is 2.29. The van der Waals surface area contributed by atoms with Gasteiger partial charge in [0.15, 0.2) is 0 Å². The number of amides is 2. The van der Waals surface area contributed by atoms with Crippen LogP contribution in [-0.4, -0.2) is 21.8 Å². The normalized spacial score (nSPS) is 13.5. The van der Waals surface area contributed by atoms with Crippen LogP contribution in [0, 0.1) is 12.8 Å². The quantitative estimate of drug-likeness (QED) is 0.907. The number of benzene rings is 1. The molecule has 0 aliphatic heterocycles. The van der Waals surface area contributed by atoms with E-state index < -0.39 is 0 Å². The molecule has 2 N–H and O–H groups in total. The van der Waals surface area contributed by atoms with Crippen LogP contribution in [0.2, 0.25) is 0 Å². The number of anilines is 2. The van der Waals surface area contributed by atoms with Crippen LogP contribution in [-0.2, 0) is 4.79 Å². The molecule has 0 saturated heterocycles. The molecule has 22 heavy (non-hydrogen) atoms. The molecular formula is C16H16N4O2. The summed E-state index contributed by atoms with van der Waals surface area (Å²) in [6.45, 7) is 1.81. The molecule has 2 amide bonds. The summed E-state index contributed by atoms with van der Waals surface area (Å²) in [4.78, 5) is 31.9. The zero-order valence-corrected chi connectivity index (χ0v) is 12.2. The minimum absolute atomic E-state index is 0.0351. The molecule has 1 aromatic heterocycles. The fraction of sp³-hybridized carbons (Fsp3) is 0.250. The zero-order chi connectivity index (χ0) is 15.5. The lowest BCUT2D eigenvalue weighted by atomic mass is 10.2. The van der Waals surface area contributed by atoms with E-state index in [1.165, 1.54) is 6.20 Å². The Bertz CT molecular complexity index is 708. The van der Waals surface area contributed by atoms with Crippen molar-refractivity contribution in [2.45, 2.75) is 19.8 Å². The average Bonchev–Trinajstić information content (AvgIpc) is 3.33. The highest BCUT2D eigenvalue weighted by atomic mass is 16.2. The highest BCUT2D eigenvalue weighted by molar-refractivity contribution is 6.03. The standard InChI is InChI=1S/C16H16N4O2/c1-10-8-18-14(9-17-10)16(22)20-13-4-2-3-12(7-13)19-15(21)11-5-6-11/h2-4,7-9,11H,5-6H2,1H3,(H,19,21)(H,20,22). The van der Waals surface area contributed by atoms with E-state index in [0.717, 1.165) is 18.5 Å². The Labute approximate surface area is 128 Å².